The molecule has 3 nitrogen and oxygen atoms in total. The molecule has 1 aromatic carbocycles. The summed E-state index contributed by atoms with van der Waals surface area (Å²) < 4.78 is 0. The topological polar surface area (TPSA) is 52.9 Å². The Morgan fingerprint density at radius 2 is 1.95 bits per heavy atom. The van der Waals surface area contributed by atoms with Gasteiger partial charge in [-0.2, -0.15) is 5.26 Å². The quantitative estimate of drug-likeness (QED) is 0.596. The number of unbranched alkanes of at least 4 members (excludes halogenated alkanes) is 1. The minimum Gasteiger partial charge on any atom is -0.326 e. The summed E-state index contributed by atoms with van der Waals surface area (Å²) in [7, 11) is 0. The smallest absolute Gasteiger partial charge is 0.221 e. The molecule has 1 aromatic rings. The highest BCUT2D eigenvalue weighted by Gasteiger charge is 2.15. The van der Waals surface area contributed by atoms with Gasteiger partial charge < -0.3 is 5.32 Å². The van der Waals surface area contributed by atoms with Gasteiger partial charge in [-0.05, 0) is 56.7 Å². The van der Waals surface area contributed by atoms with Crippen molar-refractivity contribution in [1.82, 2.24) is 0 Å². The first-order valence-corrected chi connectivity index (χ1v) is 7.83. The molecule has 0 heterocycles. The first kappa shape index (κ1) is 16.6. The number of nitriles is 1. The van der Waals surface area contributed by atoms with Crippen LogP contribution in [0, 0.1) is 16.7 Å². The van der Waals surface area contributed by atoms with Gasteiger partial charge in [0, 0.05) is 17.5 Å². The van der Waals surface area contributed by atoms with Crippen molar-refractivity contribution in [3.05, 3.63) is 24.3 Å². The molecule has 0 aliphatic carbocycles. The number of benzene rings is 1. The van der Waals surface area contributed by atoms with Crippen LogP contribution in [-0.2, 0) is 4.79 Å². The molecule has 108 valence electrons. The third-order valence-corrected chi connectivity index (χ3v) is 4.04. The molecule has 1 amide bonds. The zero-order valence-electron chi connectivity index (χ0n) is 12.4. The Labute approximate surface area is 125 Å². The molecule has 1 N–H and O–H groups in total. The van der Waals surface area contributed by atoms with E-state index in [-0.39, 0.29) is 11.3 Å². The number of anilines is 1. The molecular formula is C16H22N2OS. The normalized spacial score (nSPS) is 10.9. The van der Waals surface area contributed by atoms with Crippen LogP contribution in [0.4, 0.5) is 5.69 Å². The van der Waals surface area contributed by atoms with Gasteiger partial charge in [-0.1, -0.05) is 6.42 Å². The van der Waals surface area contributed by atoms with Crippen LogP contribution >= 0.6 is 11.8 Å². The van der Waals surface area contributed by atoms with Crippen molar-refractivity contribution in [2.24, 2.45) is 5.41 Å². The number of rotatable bonds is 7. The Kier molecular flexibility index (Phi) is 6.60. The number of carbonyl (C=O) groups is 1. The highest BCUT2D eigenvalue weighted by molar-refractivity contribution is 7.99. The molecule has 0 aliphatic heterocycles. The van der Waals surface area contributed by atoms with E-state index in [2.05, 4.69) is 11.4 Å². The van der Waals surface area contributed by atoms with Crippen LogP contribution in [0.5, 0.6) is 0 Å². The molecular weight excluding hydrogens is 268 g/mol. The third-order valence-electron chi connectivity index (χ3n) is 2.94. The molecule has 4 heteroatoms. The van der Waals surface area contributed by atoms with E-state index in [0.29, 0.717) is 0 Å². The molecule has 0 aliphatic rings. The lowest BCUT2D eigenvalue weighted by Crippen LogP contribution is -2.07. The summed E-state index contributed by atoms with van der Waals surface area (Å²) in [5.74, 6) is 1.01. The van der Waals surface area contributed by atoms with E-state index in [1.165, 1.54) is 11.8 Å². The average molecular weight is 290 g/mol. The van der Waals surface area contributed by atoms with Gasteiger partial charge in [-0.25, -0.2) is 0 Å². The first-order valence-electron chi connectivity index (χ1n) is 6.85. The Balaban J connectivity index is 2.26. The number of nitrogens with zero attached hydrogens (tertiary/aromatic N) is 1. The summed E-state index contributed by atoms with van der Waals surface area (Å²) in [5, 5.41) is 11.7. The molecule has 0 atom stereocenters. The minimum atomic E-state index is -0.204. The van der Waals surface area contributed by atoms with E-state index >= 15 is 0 Å². The van der Waals surface area contributed by atoms with Crippen molar-refractivity contribution < 1.29 is 4.79 Å². The Morgan fingerprint density at radius 3 is 2.50 bits per heavy atom. The van der Waals surface area contributed by atoms with Crippen molar-refractivity contribution in [3.8, 4) is 6.07 Å². The summed E-state index contributed by atoms with van der Waals surface area (Å²) >= 11 is 1.81. The van der Waals surface area contributed by atoms with Crippen LogP contribution in [0.1, 0.15) is 40.0 Å². The Hall–Kier alpha value is -1.47. The van der Waals surface area contributed by atoms with Crippen molar-refractivity contribution in [2.75, 3.05) is 11.1 Å². The number of hydrogen-bond donors (Lipinski definition) is 1. The molecule has 0 unspecified atom stereocenters. The van der Waals surface area contributed by atoms with Crippen LogP contribution in [0.15, 0.2) is 29.2 Å². The second-order valence-corrected chi connectivity index (χ2v) is 6.68. The van der Waals surface area contributed by atoms with E-state index in [1.54, 1.807) is 0 Å². The summed E-state index contributed by atoms with van der Waals surface area (Å²) in [6.45, 7) is 5.48. The van der Waals surface area contributed by atoms with E-state index in [0.717, 1.165) is 30.7 Å². The summed E-state index contributed by atoms with van der Waals surface area (Å²) in [5.41, 5.74) is 0.627. The standard InChI is InChI=1S/C16H22N2OS/c1-13(19)18-14-6-8-15(9-7-14)20-11-5-4-10-16(2,3)12-17/h6-9H,4-5,10-11H2,1-3H3,(H,18,19). The maximum atomic E-state index is 10.9. The lowest BCUT2D eigenvalue weighted by Gasteiger charge is -2.14. The van der Waals surface area contributed by atoms with Gasteiger partial charge in [0.25, 0.3) is 0 Å². The minimum absolute atomic E-state index is 0.0505. The van der Waals surface area contributed by atoms with Crippen molar-refractivity contribution in [3.63, 3.8) is 0 Å². The molecule has 0 saturated carbocycles. The number of hydrogen-bond acceptors (Lipinski definition) is 3. The number of carbonyl (C=O) groups excluding carboxylic acids is 1. The number of amides is 1. The van der Waals surface area contributed by atoms with E-state index in [1.807, 2.05) is 49.9 Å². The Morgan fingerprint density at radius 1 is 1.30 bits per heavy atom. The molecule has 0 radical (unpaired) electrons. The predicted molar refractivity (Wildman–Crippen MR) is 84.7 cm³/mol. The van der Waals surface area contributed by atoms with E-state index in [9.17, 15) is 4.79 Å². The monoisotopic (exact) mass is 290 g/mol. The van der Waals surface area contributed by atoms with Crippen LogP contribution in [0.25, 0.3) is 0 Å². The molecule has 20 heavy (non-hydrogen) atoms. The van der Waals surface area contributed by atoms with Gasteiger partial charge in [0.1, 0.15) is 0 Å². The van der Waals surface area contributed by atoms with Crippen molar-refractivity contribution in [1.29, 1.82) is 5.26 Å². The third kappa shape index (κ3) is 6.63. The lowest BCUT2D eigenvalue weighted by atomic mass is 9.89. The average Bonchev–Trinajstić information content (AvgIpc) is 2.39. The zero-order chi connectivity index (χ0) is 15.0. The van der Waals surface area contributed by atoms with Crippen LogP contribution in [0.3, 0.4) is 0 Å². The summed E-state index contributed by atoms with van der Waals surface area (Å²) in [6.07, 6.45) is 3.15. The maximum absolute atomic E-state index is 10.9. The van der Waals surface area contributed by atoms with Crippen LogP contribution in [0.2, 0.25) is 0 Å². The molecule has 0 fully saturated rings. The van der Waals surface area contributed by atoms with E-state index in [4.69, 9.17) is 5.26 Å². The summed E-state index contributed by atoms with van der Waals surface area (Å²) in [4.78, 5) is 12.1. The molecule has 0 aromatic heterocycles. The van der Waals surface area contributed by atoms with E-state index < -0.39 is 0 Å². The fourth-order valence-electron chi connectivity index (χ4n) is 1.75. The van der Waals surface area contributed by atoms with Gasteiger partial charge in [0.2, 0.25) is 5.91 Å². The Bertz CT molecular complexity index is 474. The predicted octanol–water partition coefficient (Wildman–Crippen LogP) is 4.46. The molecule has 0 spiro atoms. The van der Waals surface area contributed by atoms with Gasteiger partial charge >= 0.3 is 0 Å². The summed E-state index contributed by atoms with van der Waals surface area (Å²) in [6, 6.07) is 10.2. The first-order chi connectivity index (χ1) is 9.43. The fourth-order valence-corrected chi connectivity index (χ4v) is 2.67. The highest BCUT2D eigenvalue weighted by atomic mass is 32.2. The SMILES string of the molecule is CC(=O)Nc1ccc(SCCCCC(C)(C)C#N)cc1. The van der Waals surface area contributed by atoms with Gasteiger partial charge in [-0.15, -0.1) is 11.8 Å². The largest absolute Gasteiger partial charge is 0.326 e. The molecule has 0 saturated heterocycles. The maximum Gasteiger partial charge on any atom is 0.221 e. The van der Waals surface area contributed by atoms with Crippen molar-refractivity contribution in [2.45, 2.75) is 44.9 Å². The van der Waals surface area contributed by atoms with Gasteiger partial charge in [0.05, 0.1) is 11.5 Å². The van der Waals surface area contributed by atoms with Crippen LogP contribution in [-0.4, -0.2) is 11.7 Å². The highest BCUT2D eigenvalue weighted by Crippen LogP contribution is 2.25. The second kappa shape index (κ2) is 7.96. The zero-order valence-corrected chi connectivity index (χ0v) is 13.2. The molecule has 1 rings (SSSR count). The van der Waals surface area contributed by atoms with Crippen LogP contribution < -0.4 is 5.32 Å². The second-order valence-electron chi connectivity index (χ2n) is 5.51. The fraction of sp³-hybridized carbons (Fsp3) is 0.500. The van der Waals surface area contributed by atoms with Gasteiger partial charge in [0.15, 0.2) is 0 Å². The number of thioether (sulfide) groups is 1. The van der Waals surface area contributed by atoms with Gasteiger partial charge in [-0.3, -0.25) is 4.79 Å². The molecule has 0 bridgehead atoms. The van der Waals surface area contributed by atoms with Crippen molar-refractivity contribution >= 4 is 23.4 Å². The number of nitrogens with one attached hydrogen (secondary N) is 1. The lowest BCUT2D eigenvalue weighted by molar-refractivity contribution is -0.114.